The number of piperidine rings is 1. The molecule has 1 amide bonds. The number of sulfonamides is 1. The molecule has 176 valence electrons. The van der Waals surface area contributed by atoms with Crippen molar-refractivity contribution >= 4 is 21.8 Å². The van der Waals surface area contributed by atoms with Crippen molar-refractivity contribution in [2.75, 3.05) is 26.2 Å². The summed E-state index contributed by atoms with van der Waals surface area (Å²) in [6, 6.07) is 15.4. The molecule has 0 atom stereocenters. The summed E-state index contributed by atoms with van der Waals surface area (Å²) in [4.78, 5) is 17.4. The van der Waals surface area contributed by atoms with Gasteiger partial charge in [-0.3, -0.25) is 9.69 Å². The van der Waals surface area contributed by atoms with Gasteiger partial charge in [0, 0.05) is 37.7 Å². The fourth-order valence-corrected chi connectivity index (χ4v) is 5.70. The number of carbonyl (C=O) groups excluding carboxylic acids is 1. The van der Waals surface area contributed by atoms with Gasteiger partial charge in [-0.2, -0.15) is 8.42 Å². The minimum atomic E-state index is -3.62. The Morgan fingerprint density at radius 3 is 2.33 bits per heavy atom. The average Bonchev–Trinajstić information content (AvgIpc) is 3.12. The summed E-state index contributed by atoms with van der Waals surface area (Å²) in [5.74, 6) is 0.495. The number of benzene rings is 2. The van der Waals surface area contributed by atoms with Crippen molar-refractivity contribution in [2.24, 2.45) is 10.3 Å². The molecule has 4 rings (SSSR count). The predicted octanol–water partition coefficient (Wildman–Crippen LogP) is 3.01. The Bertz CT molecular complexity index is 1120. The van der Waals surface area contributed by atoms with Crippen molar-refractivity contribution < 1.29 is 13.2 Å². The number of amides is 1. The van der Waals surface area contributed by atoms with Crippen LogP contribution in [0.25, 0.3) is 0 Å². The molecule has 0 aromatic heterocycles. The summed E-state index contributed by atoms with van der Waals surface area (Å²) >= 11 is 0. The first-order valence-electron chi connectivity index (χ1n) is 11.7. The molecule has 7 nitrogen and oxygen atoms in total. The summed E-state index contributed by atoms with van der Waals surface area (Å²) in [6.07, 6.45) is 1.35. The van der Waals surface area contributed by atoms with Crippen molar-refractivity contribution in [3.63, 3.8) is 0 Å². The van der Waals surface area contributed by atoms with E-state index in [0.717, 1.165) is 25.2 Å². The van der Waals surface area contributed by atoms with Crippen molar-refractivity contribution in [3.8, 4) is 0 Å². The second kappa shape index (κ2) is 10.1. The van der Waals surface area contributed by atoms with E-state index in [1.165, 1.54) is 5.56 Å². The van der Waals surface area contributed by atoms with Gasteiger partial charge in [0.05, 0.1) is 0 Å². The highest BCUT2D eigenvalue weighted by molar-refractivity contribution is 7.90. The number of likely N-dealkylation sites (tertiary alicyclic amines) is 1. The second-order valence-electron chi connectivity index (χ2n) is 8.64. The Labute approximate surface area is 196 Å². The smallest absolute Gasteiger partial charge is 0.285 e. The highest BCUT2D eigenvalue weighted by Gasteiger charge is 2.34. The number of hydrogen-bond donors (Lipinski definition) is 1. The standard InChI is InChI=1S/C25H32N4O3S/c1-3-28(4-2)18-20-11-9-19(10-12-20)17-26-25(30)21-13-15-29(16-14-21)24-22-7-5-6-8-23(22)33(31,32)27-24/h5-12,21H,3-4,13-18H2,1-2H3,(H,26,30). The van der Waals surface area contributed by atoms with E-state index in [9.17, 15) is 13.2 Å². The molecule has 2 aliphatic heterocycles. The molecule has 2 aliphatic rings. The van der Waals surface area contributed by atoms with Crippen LogP contribution in [0.5, 0.6) is 0 Å². The average molecular weight is 469 g/mol. The number of carbonyl (C=O) groups is 1. The van der Waals surface area contributed by atoms with Crippen LogP contribution >= 0.6 is 0 Å². The lowest BCUT2D eigenvalue weighted by Gasteiger charge is -2.32. The SMILES string of the molecule is CCN(CC)Cc1ccc(CNC(=O)C2CCN(C3=NS(=O)(=O)c4ccccc43)CC2)cc1. The molecule has 33 heavy (non-hydrogen) atoms. The number of nitrogens with zero attached hydrogens (tertiary/aromatic N) is 3. The van der Waals surface area contributed by atoms with Crippen LogP contribution in [0.3, 0.4) is 0 Å². The summed E-state index contributed by atoms with van der Waals surface area (Å²) in [5, 5.41) is 3.07. The third-order valence-corrected chi connectivity index (χ3v) is 7.89. The first-order valence-corrected chi connectivity index (χ1v) is 13.1. The fourth-order valence-electron chi connectivity index (χ4n) is 4.47. The lowest BCUT2D eigenvalue weighted by atomic mass is 9.95. The maximum atomic E-state index is 12.7. The van der Waals surface area contributed by atoms with Crippen LogP contribution in [0.4, 0.5) is 0 Å². The molecule has 0 aliphatic carbocycles. The van der Waals surface area contributed by atoms with Gasteiger partial charge in [0.15, 0.2) is 5.84 Å². The fraction of sp³-hybridized carbons (Fsp3) is 0.440. The molecule has 0 saturated carbocycles. The first kappa shape index (κ1) is 23.4. The lowest BCUT2D eigenvalue weighted by Crippen LogP contribution is -2.42. The normalized spacial score (nSPS) is 17.7. The minimum Gasteiger partial charge on any atom is -0.355 e. The quantitative estimate of drug-likeness (QED) is 0.676. The summed E-state index contributed by atoms with van der Waals surface area (Å²) in [5.41, 5.74) is 3.02. The van der Waals surface area contributed by atoms with Crippen molar-refractivity contribution in [1.82, 2.24) is 15.1 Å². The molecule has 1 N–H and O–H groups in total. The second-order valence-corrected chi connectivity index (χ2v) is 10.2. The maximum Gasteiger partial charge on any atom is 0.285 e. The number of rotatable bonds is 7. The Morgan fingerprint density at radius 1 is 1.03 bits per heavy atom. The summed E-state index contributed by atoms with van der Waals surface area (Å²) in [7, 11) is -3.62. The van der Waals surface area contributed by atoms with Crippen LogP contribution in [-0.4, -0.2) is 56.1 Å². The van der Waals surface area contributed by atoms with E-state index in [2.05, 4.69) is 52.7 Å². The van der Waals surface area contributed by atoms with E-state index in [-0.39, 0.29) is 16.7 Å². The lowest BCUT2D eigenvalue weighted by molar-refractivity contribution is -0.126. The van der Waals surface area contributed by atoms with Crippen LogP contribution < -0.4 is 5.32 Å². The zero-order valence-corrected chi connectivity index (χ0v) is 20.1. The van der Waals surface area contributed by atoms with Gasteiger partial charge >= 0.3 is 0 Å². The predicted molar refractivity (Wildman–Crippen MR) is 129 cm³/mol. The number of nitrogens with one attached hydrogen (secondary N) is 1. The third kappa shape index (κ3) is 5.28. The molecule has 2 heterocycles. The van der Waals surface area contributed by atoms with Crippen molar-refractivity contribution in [2.45, 2.75) is 44.7 Å². The Kier molecular flexibility index (Phi) is 7.14. The van der Waals surface area contributed by atoms with Gasteiger partial charge in [0.25, 0.3) is 10.0 Å². The molecular weight excluding hydrogens is 436 g/mol. The molecule has 0 unspecified atom stereocenters. The number of hydrogen-bond acceptors (Lipinski definition) is 5. The Balaban J connectivity index is 1.28. The van der Waals surface area contributed by atoms with E-state index >= 15 is 0 Å². The van der Waals surface area contributed by atoms with Crippen LogP contribution in [-0.2, 0) is 27.9 Å². The van der Waals surface area contributed by atoms with Gasteiger partial charge in [-0.15, -0.1) is 4.40 Å². The monoisotopic (exact) mass is 468 g/mol. The highest BCUT2D eigenvalue weighted by Crippen LogP contribution is 2.29. The summed E-state index contributed by atoms with van der Waals surface area (Å²) in [6.45, 7) is 9.07. The van der Waals surface area contributed by atoms with E-state index < -0.39 is 10.0 Å². The van der Waals surface area contributed by atoms with Crippen molar-refractivity contribution in [1.29, 1.82) is 0 Å². The van der Waals surface area contributed by atoms with E-state index in [4.69, 9.17) is 0 Å². The zero-order valence-electron chi connectivity index (χ0n) is 19.3. The minimum absolute atomic E-state index is 0.0586. The molecule has 1 saturated heterocycles. The zero-order chi connectivity index (χ0) is 23.4. The van der Waals surface area contributed by atoms with E-state index in [1.807, 2.05) is 11.0 Å². The largest absolute Gasteiger partial charge is 0.355 e. The number of fused-ring (bicyclic) bond motifs is 1. The van der Waals surface area contributed by atoms with Gasteiger partial charge in [-0.25, -0.2) is 0 Å². The molecule has 2 aromatic carbocycles. The topological polar surface area (TPSA) is 82.1 Å². The van der Waals surface area contributed by atoms with Gasteiger partial charge in [-0.05, 0) is 49.2 Å². The van der Waals surface area contributed by atoms with Gasteiger partial charge in [-0.1, -0.05) is 50.2 Å². The molecule has 0 bridgehead atoms. The van der Waals surface area contributed by atoms with Gasteiger partial charge in [0.1, 0.15) is 4.90 Å². The molecule has 0 radical (unpaired) electrons. The summed E-state index contributed by atoms with van der Waals surface area (Å²) < 4.78 is 28.6. The van der Waals surface area contributed by atoms with Crippen molar-refractivity contribution in [3.05, 3.63) is 65.2 Å². The molecular formula is C25H32N4O3S. The Hall–Kier alpha value is -2.71. The van der Waals surface area contributed by atoms with E-state index in [0.29, 0.717) is 43.9 Å². The molecule has 2 aromatic rings. The number of amidine groups is 1. The molecule has 8 heteroatoms. The maximum absolute atomic E-state index is 12.7. The highest BCUT2D eigenvalue weighted by atomic mass is 32.2. The van der Waals surface area contributed by atoms with Gasteiger partial charge in [0.2, 0.25) is 5.91 Å². The van der Waals surface area contributed by atoms with Crippen LogP contribution in [0, 0.1) is 5.92 Å². The Morgan fingerprint density at radius 2 is 1.67 bits per heavy atom. The van der Waals surface area contributed by atoms with Crippen LogP contribution in [0.1, 0.15) is 43.4 Å². The first-order chi connectivity index (χ1) is 15.9. The van der Waals surface area contributed by atoms with E-state index in [1.54, 1.807) is 18.2 Å². The molecule has 1 fully saturated rings. The third-order valence-electron chi connectivity index (χ3n) is 6.57. The molecule has 0 spiro atoms. The van der Waals surface area contributed by atoms with Crippen LogP contribution in [0.2, 0.25) is 0 Å². The van der Waals surface area contributed by atoms with Gasteiger partial charge < -0.3 is 10.2 Å². The van der Waals surface area contributed by atoms with Crippen LogP contribution in [0.15, 0.2) is 57.8 Å².